The van der Waals surface area contributed by atoms with Gasteiger partial charge in [0, 0.05) is 45.6 Å². The molecule has 1 atom stereocenters. The van der Waals surface area contributed by atoms with E-state index in [-0.39, 0.29) is 17.8 Å². The number of rotatable bonds is 4. The lowest BCUT2D eigenvalue weighted by Gasteiger charge is -2.36. The summed E-state index contributed by atoms with van der Waals surface area (Å²) in [7, 11) is 5.59. The molecule has 162 valence electrons. The maximum absolute atomic E-state index is 13.5. The summed E-state index contributed by atoms with van der Waals surface area (Å²) < 4.78 is 15.2. The van der Waals surface area contributed by atoms with Gasteiger partial charge in [0.2, 0.25) is 5.95 Å². The fourth-order valence-electron chi connectivity index (χ4n) is 4.13. The second-order valence-electron chi connectivity index (χ2n) is 8.18. The van der Waals surface area contributed by atoms with E-state index in [0.717, 1.165) is 36.1 Å². The first-order valence-electron chi connectivity index (χ1n) is 10.5. The molecule has 3 heterocycles. The Kier molecular flexibility index (Phi) is 5.71. The number of likely N-dealkylation sites (tertiary alicyclic amines) is 1. The second-order valence-corrected chi connectivity index (χ2v) is 8.18. The Labute approximate surface area is 181 Å². The first kappa shape index (κ1) is 21.0. The molecule has 7 nitrogen and oxygen atoms in total. The molecule has 4 rings (SSSR count). The Morgan fingerprint density at radius 3 is 2.58 bits per heavy atom. The van der Waals surface area contributed by atoms with Gasteiger partial charge in [0.05, 0.1) is 23.0 Å². The summed E-state index contributed by atoms with van der Waals surface area (Å²) in [6.07, 6.45) is 6.31. The lowest BCUT2D eigenvalue weighted by molar-refractivity contribution is 0.0606. The van der Waals surface area contributed by atoms with E-state index in [4.69, 9.17) is 4.98 Å². The Balaban J connectivity index is 1.81. The molecule has 31 heavy (non-hydrogen) atoms. The van der Waals surface area contributed by atoms with Gasteiger partial charge in [-0.05, 0) is 43.9 Å². The number of aryl methyl sites for hydroxylation is 2. The van der Waals surface area contributed by atoms with Crippen LogP contribution in [0.15, 0.2) is 36.7 Å². The minimum absolute atomic E-state index is 0.0367. The van der Waals surface area contributed by atoms with E-state index in [9.17, 15) is 9.18 Å². The van der Waals surface area contributed by atoms with Gasteiger partial charge < -0.3 is 9.80 Å². The highest BCUT2D eigenvalue weighted by Gasteiger charge is 2.33. The Bertz CT molecular complexity index is 1090. The molecule has 1 saturated heterocycles. The highest BCUT2D eigenvalue weighted by atomic mass is 19.1. The van der Waals surface area contributed by atoms with E-state index in [1.165, 1.54) is 12.1 Å². The van der Waals surface area contributed by atoms with Crippen molar-refractivity contribution in [2.24, 2.45) is 7.05 Å². The average Bonchev–Trinajstić information content (AvgIpc) is 3.11. The number of anilines is 1. The summed E-state index contributed by atoms with van der Waals surface area (Å²) in [5.74, 6) is 0.249. The van der Waals surface area contributed by atoms with Crippen LogP contribution in [0.3, 0.4) is 0 Å². The second kappa shape index (κ2) is 8.45. The van der Waals surface area contributed by atoms with Crippen LogP contribution in [0.25, 0.3) is 11.1 Å². The lowest BCUT2D eigenvalue weighted by Crippen LogP contribution is -2.39. The van der Waals surface area contributed by atoms with Crippen LogP contribution >= 0.6 is 0 Å². The van der Waals surface area contributed by atoms with Crippen molar-refractivity contribution in [2.45, 2.75) is 32.2 Å². The maximum atomic E-state index is 13.5. The molecule has 1 aliphatic rings. The minimum Gasteiger partial charge on any atom is -0.347 e. The van der Waals surface area contributed by atoms with E-state index in [2.05, 4.69) is 10.1 Å². The van der Waals surface area contributed by atoms with Crippen LogP contribution in [0.5, 0.6) is 0 Å². The summed E-state index contributed by atoms with van der Waals surface area (Å²) >= 11 is 0. The standard InChI is InChI=1S/C23H27FN6O/c1-15-19(14-29(4)27-15)22(31)30-12-6-5-7-20(30)21-18(13-25-23(26-21)28(2)3)16-8-10-17(24)11-9-16/h8-11,13-14,20H,5-7,12H2,1-4H3/t20-/m0/s1. The van der Waals surface area contributed by atoms with Crippen molar-refractivity contribution in [1.82, 2.24) is 24.6 Å². The summed E-state index contributed by atoms with van der Waals surface area (Å²) in [6.45, 7) is 2.51. The van der Waals surface area contributed by atoms with E-state index in [0.29, 0.717) is 23.8 Å². The van der Waals surface area contributed by atoms with Crippen LogP contribution < -0.4 is 4.90 Å². The van der Waals surface area contributed by atoms with Gasteiger partial charge in [0.15, 0.2) is 0 Å². The van der Waals surface area contributed by atoms with Crippen LogP contribution in [-0.2, 0) is 7.05 Å². The average molecular weight is 423 g/mol. The molecule has 0 bridgehead atoms. The number of aromatic nitrogens is 4. The summed E-state index contributed by atoms with van der Waals surface area (Å²) in [5, 5.41) is 4.34. The van der Waals surface area contributed by atoms with Gasteiger partial charge in [0.25, 0.3) is 5.91 Å². The third-order valence-corrected chi connectivity index (χ3v) is 5.68. The predicted molar refractivity (Wildman–Crippen MR) is 117 cm³/mol. The molecule has 0 radical (unpaired) electrons. The van der Waals surface area contributed by atoms with Gasteiger partial charge in [-0.15, -0.1) is 0 Å². The number of halogens is 1. The zero-order chi connectivity index (χ0) is 22.1. The molecule has 0 aliphatic carbocycles. The van der Waals surface area contributed by atoms with Crippen LogP contribution in [0, 0.1) is 12.7 Å². The van der Waals surface area contributed by atoms with E-state index in [1.54, 1.807) is 29.2 Å². The third kappa shape index (κ3) is 4.15. The largest absolute Gasteiger partial charge is 0.347 e. The van der Waals surface area contributed by atoms with Crippen LogP contribution in [0.2, 0.25) is 0 Å². The Morgan fingerprint density at radius 2 is 1.94 bits per heavy atom. The van der Waals surface area contributed by atoms with Gasteiger partial charge in [-0.1, -0.05) is 12.1 Å². The number of carbonyl (C=O) groups excluding carboxylic acids is 1. The topological polar surface area (TPSA) is 67.2 Å². The zero-order valence-corrected chi connectivity index (χ0v) is 18.3. The van der Waals surface area contributed by atoms with E-state index >= 15 is 0 Å². The number of amides is 1. The molecule has 0 N–H and O–H groups in total. The van der Waals surface area contributed by atoms with Crippen LogP contribution in [0.1, 0.15) is 47.1 Å². The molecule has 1 fully saturated rings. The molecule has 0 saturated carbocycles. The number of benzene rings is 1. The minimum atomic E-state index is -0.294. The van der Waals surface area contributed by atoms with Crippen molar-refractivity contribution >= 4 is 11.9 Å². The molecule has 0 spiro atoms. The SMILES string of the molecule is Cc1nn(C)cc1C(=O)N1CCCC[C@H]1c1nc(N(C)C)ncc1-c1ccc(F)cc1. The number of hydrogen-bond donors (Lipinski definition) is 0. The predicted octanol–water partition coefficient (Wildman–Crippen LogP) is 3.76. The first-order valence-corrected chi connectivity index (χ1v) is 10.5. The van der Waals surface area contributed by atoms with Crippen molar-refractivity contribution in [3.63, 3.8) is 0 Å². The molecule has 3 aromatic rings. The fourth-order valence-corrected chi connectivity index (χ4v) is 4.13. The highest BCUT2D eigenvalue weighted by Crippen LogP contribution is 2.37. The number of nitrogens with zero attached hydrogens (tertiary/aromatic N) is 6. The van der Waals surface area contributed by atoms with Crippen LogP contribution in [-0.4, -0.2) is 51.2 Å². The number of hydrogen-bond acceptors (Lipinski definition) is 5. The van der Waals surface area contributed by atoms with Gasteiger partial charge in [0.1, 0.15) is 5.82 Å². The summed E-state index contributed by atoms with van der Waals surface area (Å²) in [5.41, 5.74) is 3.77. The molecule has 2 aromatic heterocycles. The maximum Gasteiger partial charge on any atom is 0.257 e. The molecule has 8 heteroatoms. The van der Waals surface area contributed by atoms with Gasteiger partial charge in [-0.3, -0.25) is 9.48 Å². The van der Waals surface area contributed by atoms with Crippen molar-refractivity contribution in [3.05, 3.63) is 59.4 Å². The highest BCUT2D eigenvalue weighted by molar-refractivity contribution is 5.95. The van der Waals surface area contributed by atoms with E-state index < -0.39 is 0 Å². The number of piperidine rings is 1. The van der Waals surface area contributed by atoms with E-state index in [1.807, 2.05) is 37.9 Å². The molecular weight excluding hydrogens is 395 g/mol. The van der Waals surface area contributed by atoms with Crippen molar-refractivity contribution in [1.29, 1.82) is 0 Å². The zero-order valence-electron chi connectivity index (χ0n) is 18.3. The lowest BCUT2D eigenvalue weighted by atomic mass is 9.93. The van der Waals surface area contributed by atoms with Gasteiger partial charge in [-0.2, -0.15) is 5.10 Å². The number of carbonyl (C=O) groups is 1. The molecule has 1 amide bonds. The monoisotopic (exact) mass is 422 g/mol. The first-order chi connectivity index (χ1) is 14.8. The third-order valence-electron chi connectivity index (χ3n) is 5.68. The normalized spacial score (nSPS) is 16.4. The van der Waals surface area contributed by atoms with Crippen molar-refractivity contribution < 1.29 is 9.18 Å². The molecule has 1 aliphatic heterocycles. The summed E-state index contributed by atoms with van der Waals surface area (Å²) in [4.78, 5) is 26.6. The Hall–Kier alpha value is -3.29. The van der Waals surface area contributed by atoms with Crippen molar-refractivity contribution in [2.75, 3.05) is 25.5 Å². The van der Waals surface area contributed by atoms with Crippen LogP contribution in [0.4, 0.5) is 10.3 Å². The quantitative estimate of drug-likeness (QED) is 0.641. The van der Waals surface area contributed by atoms with Crippen molar-refractivity contribution in [3.8, 4) is 11.1 Å². The molecule has 0 unspecified atom stereocenters. The fraction of sp³-hybridized carbons (Fsp3) is 0.391. The van der Waals surface area contributed by atoms with Gasteiger partial charge in [-0.25, -0.2) is 14.4 Å². The molecular formula is C23H27FN6O. The van der Waals surface area contributed by atoms with Gasteiger partial charge >= 0.3 is 0 Å². The smallest absolute Gasteiger partial charge is 0.257 e. The Morgan fingerprint density at radius 1 is 1.19 bits per heavy atom. The molecule has 1 aromatic carbocycles. The summed E-state index contributed by atoms with van der Waals surface area (Å²) in [6, 6.07) is 6.13.